The lowest BCUT2D eigenvalue weighted by molar-refractivity contribution is 0.0951. The lowest BCUT2D eigenvalue weighted by Crippen LogP contribution is -2.30. The van der Waals surface area contributed by atoms with Gasteiger partial charge in [-0.25, -0.2) is 8.42 Å². The third kappa shape index (κ3) is 5.70. The molecule has 1 amide bonds. The zero-order chi connectivity index (χ0) is 21.6. The predicted octanol–water partition coefficient (Wildman–Crippen LogP) is 4.19. The van der Waals surface area contributed by atoms with Crippen LogP contribution in [0.5, 0.6) is 0 Å². The van der Waals surface area contributed by atoms with Crippen LogP contribution in [0.3, 0.4) is 0 Å². The quantitative estimate of drug-likeness (QED) is 0.592. The van der Waals surface area contributed by atoms with E-state index in [2.05, 4.69) is 12.2 Å². The predicted molar refractivity (Wildman–Crippen MR) is 121 cm³/mol. The molecule has 1 atom stereocenters. The van der Waals surface area contributed by atoms with Gasteiger partial charge in [-0.1, -0.05) is 67.6 Å². The summed E-state index contributed by atoms with van der Waals surface area (Å²) >= 11 is 0. The number of nitrogens with zero attached hydrogens (tertiary/aromatic N) is 1. The summed E-state index contributed by atoms with van der Waals surface area (Å²) in [5, 5.41) is 2.95. The van der Waals surface area contributed by atoms with Gasteiger partial charge in [-0.3, -0.25) is 9.10 Å². The zero-order valence-electron chi connectivity index (χ0n) is 17.2. The van der Waals surface area contributed by atoms with Crippen LogP contribution in [-0.2, 0) is 16.6 Å². The molecule has 3 rings (SSSR count). The molecule has 0 aliphatic carbocycles. The number of amides is 1. The number of hydrogen-bond acceptors (Lipinski definition) is 3. The summed E-state index contributed by atoms with van der Waals surface area (Å²) in [7, 11) is -3.47. The fourth-order valence-electron chi connectivity index (χ4n) is 3.18. The maximum absolute atomic E-state index is 12.5. The fourth-order valence-corrected chi connectivity index (χ4v) is 4.06. The van der Waals surface area contributed by atoms with Crippen molar-refractivity contribution in [2.75, 3.05) is 17.1 Å². The standard InChI is InChI=1S/C24H26N2O3S/c1-19(21-11-7-4-8-12-21)17-25-24(27)22-13-15-23(16-14-22)26(30(2,28)29)18-20-9-5-3-6-10-20/h3-16,19H,17-18H2,1-2H3,(H,25,27)/t19-/m0/s1. The Morgan fingerprint density at radius 3 is 2.03 bits per heavy atom. The van der Waals surface area contributed by atoms with Gasteiger partial charge in [0.25, 0.3) is 5.91 Å². The second-order valence-electron chi connectivity index (χ2n) is 7.32. The average molecular weight is 423 g/mol. The highest BCUT2D eigenvalue weighted by Gasteiger charge is 2.18. The highest BCUT2D eigenvalue weighted by atomic mass is 32.2. The molecule has 156 valence electrons. The number of sulfonamides is 1. The largest absolute Gasteiger partial charge is 0.351 e. The van der Waals surface area contributed by atoms with E-state index in [1.54, 1.807) is 24.3 Å². The van der Waals surface area contributed by atoms with Gasteiger partial charge in [0, 0.05) is 12.1 Å². The summed E-state index contributed by atoms with van der Waals surface area (Å²) in [6.07, 6.45) is 1.18. The van der Waals surface area contributed by atoms with Crippen LogP contribution in [0.4, 0.5) is 5.69 Å². The molecule has 5 nitrogen and oxygen atoms in total. The lowest BCUT2D eigenvalue weighted by atomic mass is 10.0. The molecule has 3 aromatic carbocycles. The number of nitrogens with one attached hydrogen (secondary N) is 1. The summed E-state index contributed by atoms with van der Waals surface area (Å²) in [4.78, 5) is 12.5. The molecule has 0 saturated carbocycles. The van der Waals surface area contributed by atoms with Gasteiger partial charge in [0.2, 0.25) is 10.0 Å². The lowest BCUT2D eigenvalue weighted by Gasteiger charge is -2.22. The number of hydrogen-bond donors (Lipinski definition) is 1. The summed E-state index contributed by atoms with van der Waals surface area (Å²) in [6.45, 7) is 2.82. The molecule has 0 heterocycles. The summed E-state index contributed by atoms with van der Waals surface area (Å²) in [5.74, 6) is 0.0133. The van der Waals surface area contributed by atoms with E-state index < -0.39 is 10.0 Å². The van der Waals surface area contributed by atoms with Crippen LogP contribution in [0, 0.1) is 0 Å². The minimum absolute atomic E-state index is 0.182. The second-order valence-corrected chi connectivity index (χ2v) is 9.23. The molecular formula is C24H26N2O3S. The van der Waals surface area contributed by atoms with Crippen molar-refractivity contribution >= 4 is 21.6 Å². The van der Waals surface area contributed by atoms with Gasteiger partial charge in [0.15, 0.2) is 0 Å². The summed E-state index contributed by atoms with van der Waals surface area (Å²) < 4.78 is 26.0. The Bertz CT molecular complexity index is 1070. The van der Waals surface area contributed by atoms with E-state index in [-0.39, 0.29) is 18.4 Å². The molecule has 0 aromatic heterocycles. The number of rotatable bonds is 8. The van der Waals surface area contributed by atoms with E-state index in [4.69, 9.17) is 0 Å². The van der Waals surface area contributed by atoms with E-state index in [1.807, 2.05) is 60.7 Å². The van der Waals surface area contributed by atoms with Crippen LogP contribution in [0.1, 0.15) is 34.3 Å². The Morgan fingerprint density at radius 1 is 0.900 bits per heavy atom. The van der Waals surface area contributed by atoms with Crippen molar-refractivity contribution in [1.29, 1.82) is 0 Å². The summed E-state index contributed by atoms with van der Waals surface area (Å²) in [6, 6.07) is 26.1. The number of anilines is 1. The molecule has 6 heteroatoms. The maximum atomic E-state index is 12.5. The first-order valence-electron chi connectivity index (χ1n) is 9.79. The van der Waals surface area contributed by atoms with E-state index >= 15 is 0 Å². The normalized spacial score (nSPS) is 12.2. The van der Waals surface area contributed by atoms with Crippen molar-refractivity contribution in [3.63, 3.8) is 0 Å². The van der Waals surface area contributed by atoms with Gasteiger partial charge < -0.3 is 5.32 Å². The maximum Gasteiger partial charge on any atom is 0.251 e. The van der Waals surface area contributed by atoms with Crippen molar-refractivity contribution in [2.24, 2.45) is 0 Å². The van der Waals surface area contributed by atoms with Crippen LogP contribution >= 0.6 is 0 Å². The van der Waals surface area contributed by atoms with Crippen LogP contribution < -0.4 is 9.62 Å². The van der Waals surface area contributed by atoms with Crippen LogP contribution in [-0.4, -0.2) is 27.1 Å². The van der Waals surface area contributed by atoms with Gasteiger partial charge in [-0.05, 0) is 41.3 Å². The third-order valence-electron chi connectivity index (χ3n) is 4.92. The molecule has 1 N–H and O–H groups in total. The van der Waals surface area contributed by atoms with Gasteiger partial charge in [-0.15, -0.1) is 0 Å². The van der Waals surface area contributed by atoms with Crippen LogP contribution in [0.2, 0.25) is 0 Å². The summed E-state index contributed by atoms with van der Waals surface area (Å²) in [5.41, 5.74) is 3.07. The molecule has 0 spiro atoms. The smallest absolute Gasteiger partial charge is 0.251 e. The van der Waals surface area contributed by atoms with Crippen molar-refractivity contribution < 1.29 is 13.2 Å². The Balaban J connectivity index is 1.68. The number of carbonyl (C=O) groups excluding carboxylic acids is 1. The highest BCUT2D eigenvalue weighted by Crippen LogP contribution is 2.21. The first-order chi connectivity index (χ1) is 14.3. The minimum atomic E-state index is -3.47. The molecule has 0 saturated heterocycles. The monoisotopic (exact) mass is 422 g/mol. The first kappa shape index (κ1) is 21.6. The van der Waals surface area contributed by atoms with Crippen molar-refractivity contribution in [3.8, 4) is 0 Å². The Hall–Kier alpha value is -3.12. The highest BCUT2D eigenvalue weighted by molar-refractivity contribution is 7.92. The molecule has 0 aliphatic rings. The van der Waals surface area contributed by atoms with E-state index in [0.29, 0.717) is 17.8 Å². The Morgan fingerprint density at radius 2 is 1.47 bits per heavy atom. The van der Waals surface area contributed by atoms with Crippen LogP contribution in [0.25, 0.3) is 0 Å². The first-order valence-corrected chi connectivity index (χ1v) is 11.6. The molecule has 30 heavy (non-hydrogen) atoms. The minimum Gasteiger partial charge on any atom is -0.351 e. The average Bonchev–Trinajstić information content (AvgIpc) is 2.76. The Kier molecular flexibility index (Phi) is 6.90. The third-order valence-corrected chi connectivity index (χ3v) is 6.06. The Labute approximate surface area is 178 Å². The molecule has 3 aromatic rings. The van der Waals surface area contributed by atoms with E-state index in [9.17, 15) is 13.2 Å². The molecule has 0 aliphatic heterocycles. The molecular weight excluding hydrogens is 396 g/mol. The SMILES string of the molecule is C[C@@H](CNC(=O)c1ccc(N(Cc2ccccc2)S(C)(=O)=O)cc1)c1ccccc1. The molecule has 0 fully saturated rings. The second kappa shape index (κ2) is 9.59. The van der Waals surface area contributed by atoms with Crippen molar-refractivity contribution in [2.45, 2.75) is 19.4 Å². The van der Waals surface area contributed by atoms with Gasteiger partial charge in [-0.2, -0.15) is 0 Å². The number of benzene rings is 3. The molecule has 0 unspecified atom stereocenters. The topological polar surface area (TPSA) is 66.5 Å². The van der Waals surface area contributed by atoms with Gasteiger partial charge in [0.1, 0.15) is 0 Å². The van der Waals surface area contributed by atoms with Crippen molar-refractivity contribution in [3.05, 3.63) is 102 Å². The van der Waals surface area contributed by atoms with Gasteiger partial charge >= 0.3 is 0 Å². The van der Waals surface area contributed by atoms with Gasteiger partial charge in [0.05, 0.1) is 18.5 Å². The van der Waals surface area contributed by atoms with E-state index in [1.165, 1.54) is 10.6 Å². The zero-order valence-corrected chi connectivity index (χ0v) is 18.0. The fraction of sp³-hybridized carbons (Fsp3) is 0.208. The number of carbonyl (C=O) groups is 1. The molecule has 0 bridgehead atoms. The van der Waals surface area contributed by atoms with E-state index in [0.717, 1.165) is 11.1 Å². The van der Waals surface area contributed by atoms with Crippen molar-refractivity contribution in [1.82, 2.24) is 5.32 Å². The van der Waals surface area contributed by atoms with Crippen LogP contribution in [0.15, 0.2) is 84.9 Å². The molecule has 0 radical (unpaired) electrons.